The maximum Gasteiger partial charge on any atom is 0.192 e. The number of rotatable bonds is 8. The largest absolute Gasteiger partial charge is 0.413 e. The molecule has 1 aliphatic heterocycles. The molecule has 0 aromatic heterocycles. The first-order valence-electron chi connectivity index (χ1n) is 10.5. The van der Waals surface area contributed by atoms with Gasteiger partial charge in [-0.3, -0.25) is 4.79 Å². The predicted octanol–water partition coefficient (Wildman–Crippen LogP) is 4.37. The Morgan fingerprint density at radius 1 is 1.32 bits per heavy atom. The van der Waals surface area contributed by atoms with Gasteiger partial charge in [0.05, 0.1) is 19.3 Å². The molecule has 0 aromatic rings. The number of hydrogen-bond donors (Lipinski definition) is 1. The van der Waals surface area contributed by atoms with Crippen molar-refractivity contribution in [3.63, 3.8) is 0 Å². The van der Waals surface area contributed by atoms with Gasteiger partial charge in [-0.05, 0) is 49.0 Å². The summed E-state index contributed by atoms with van der Waals surface area (Å²) in [7, 11) is -2.04. The van der Waals surface area contributed by atoms with Crippen molar-refractivity contribution in [2.45, 2.75) is 83.4 Å². The van der Waals surface area contributed by atoms with E-state index in [4.69, 9.17) is 13.9 Å². The molecule has 2 rings (SSSR count). The van der Waals surface area contributed by atoms with E-state index in [1.165, 1.54) is 0 Å². The van der Waals surface area contributed by atoms with Crippen molar-refractivity contribution in [2.24, 2.45) is 5.92 Å². The molecule has 0 spiro atoms. The zero-order valence-electron chi connectivity index (χ0n) is 18.4. The number of aliphatic hydroxyl groups is 1. The van der Waals surface area contributed by atoms with E-state index in [1.807, 2.05) is 19.1 Å². The number of ether oxygens (including phenoxy) is 2. The molecule has 0 saturated carbocycles. The van der Waals surface area contributed by atoms with Gasteiger partial charge in [-0.25, -0.2) is 0 Å². The molecule has 1 N–H and O–H groups in total. The molecule has 160 valence electrons. The highest BCUT2D eigenvalue weighted by atomic mass is 28.4. The monoisotopic (exact) mass is 410 g/mol. The van der Waals surface area contributed by atoms with Crippen LogP contribution in [0, 0.1) is 5.92 Å². The summed E-state index contributed by atoms with van der Waals surface area (Å²) in [5, 5.41) is 9.92. The van der Waals surface area contributed by atoms with Crippen molar-refractivity contribution >= 4 is 14.6 Å². The molecule has 6 heteroatoms. The Morgan fingerprint density at radius 2 is 1.96 bits per heavy atom. The lowest BCUT2D eigenvalue weighted by molar-refractivity contribution is -0.144. The van der Waals surface area contributed by atoms with E-state index in [0.29, 0.717) is 19.6 Å². The van der Waals surface area contributed by atoms with E-state index < -0.39 is 14.1 Å². The summed E-state index contributed by atoms with van der Waals surface area (Å²) in [5.74, 6) is -0.935. The van der Waals surface area contributed by atoms with Crippen molar-refractivity contribution in [1.29, 1.82) is 0 Å². The smallest absolute Gasteiger partial charge is 0.192 e. The summed E-state index contributed by atoms with van der Waals surface area (Å²) in [6.45, 7) is 14.2. The molecule has 28 heavy (non-hydrogen) atoms. The van der Waals surface area contributed by atoms with Crippen LogP contribution in [0.5, 0.6) is 0 Å². The van der Waals surface area contributed by atoms with Gasteiger partial charge < -0.3 is 19.0 Å². The number of allylic oxidation sites excluding steroid dienone is 3. The van der Waals surface area contributed by atoms with Gasteiger partial charge in [0.15, 0.2) is 14.1 Å². The molecule has 1 saturated heterocycles. The normalized spacial score (nSPS) is 24.1. The van der Waals surface area contributed by atoms with Crippen LogP contribution < -0.4 is 0 Å². The van der Waals surface area contributed by atoms with Gasteiger partial charge in [-0.2, -0.15) is 0 Å². The lowest BCUT2D eigenvalue weighted by Gasteiger charge is -2.42. The van der Waals surface area contributed by atoms with Crippen molar-refractivity contribution in [2.75, 3.05) is 19.8 Å². The third kappa shape index (κ3) is 5.63. The third-order valence-corrected chi connectivity index (χ3v) is 10.8. The SMILES string of the molecule is C[C@@H](CO)[C@H](CC1(/C=C2\CCCC=C2C=O)OCCO1)O[Si](C)(C)C(C)(C)C. The molecule has 1 fully saturated rings. The minimum absolute atomic E-state index is 0.0374. The first kappa shape index (κ1) is 23.5. The second-order valence-electron chi connectivity index (χ2n) is 9.63. The fourth-order valence-electron chi connectivity index (χ4n) is 3.41. The van der Waals surface area contributed by atoms with Crippen LogP contribution >= 0.6 is 0 Å². The zero-order valence-corrected chi connectivity index (χ0v) is 19.4. The summed E-state index contributed by atoms with van der Waals surface area (Å²) < 4.78 is 18.8. The van der Waals surface area contributed by atoms with Crippen LogP contribution in [0.1, 0.15) is 53.4 Å². The number of carbonyl (C=O) groups is 1. The third-order valence-electron chi connectivity index (χ3n) is 6.34. The van der Waals surface area contributed by atoms with Crippen molar-refractivity contribution in [3.8, 4) is 0 Å². The van der Waals surface area contributed by atoms with Gasteiger partial charge in [-0.15, -0.1) is 0 Å². The van der Waals surface area contributed by atoms with Crippen LogP contribution in [-0.4, -0.2) is 51.4 Å². The molecule has 1 heterocycles. The Labute approximate surface area is 171 Å². The Kier molecular flexibility index (Phi) is 7.84. The maximum absolute atomic E-state index is 11.5. The molecule has 2 atom stereocenters. The van der Waals surface area contributed by atoms with Crippen LogP contribution in [0.25, 0.3) is 0 Å². The highest BCUT2D eigenvalue weighted by Crippen LogP contribution is 2.41. The molecule has 0 unspecified atom stereocenters. The Balaban J connectivity index is 2.31. The zero-order chi connectivity index (χ0) is 21.0. The summed E-state index contributed by atoms with van der Waals surface area (Å²) in [6.07, 6.45) is 8.03. The lowest BCUT2D eigenvalue weighted by Crippen LogP contribution is -2.48. The van der Waals surface area contributed by atoms with Crippen LogP contribution in [0.15, 0.2) is 23.3 Å². The van der Waals surface area contributed by atoms with E-state index in [1.54, 1.807) is 0 Å². The van der Waals surface area contributed by atoms with Crippen LogP contribution in [0.4, 0.5) is 0 Å². The molecule has 2 aliphatic rings. The van der Waals surface area contributed by atoms with E-state index in [0.717, 1.165) is 36.7 Å². The second-order valence-corrected chi connectivity index (χ2v) is 14.4. The van der Waals surface area contributed by atoms with Crippen molar-refractivity contribution < 1.29 is 23.8 Å². The highest BCUT2D eigenvalue weighted by Gasteiger charge is 2.44. The maximum atomic E-state index is 11.5. The first-order chi connectivity index (χ1) is 13.0. The second kappa shape index (κ2) is 9.35. The Hall–Kier alpha value is -0.793. The molecule has 0 radical (unpaired) electrons. The van der Waals surface area contributed by atoms with E-state index >= 15 is 0 Å². The van der Waals surface area contributed by atoms with Crippen LogP contribution in [0.3, 0.4) is 0 Å². The number of carbonyl (C=O) groups excluding carboxylic acids is 1. The highest BCUT2D eigenvalue weighted by molar-refractivity contribution is 6.74. The van der Waals surface area contributed by atoms with E-state index in [-0.39, 0.29) is 23.7 Å². The molecule has 5 nitrogen and oxygen atoms in total. The number of aldehydes is 1. The van der Waals surface area contributed by atoms with Crippen molar-refractivity contribution in [1.82, 2.24) is 0 Å². The summed E-state index contributed by atoms with van der Waals surface area (Å²) >= 11 is 0. The lowest BCUT2D eigenvalue weighted by atomic mass is 9.90. The minimum atomic E-state index is -2.04. The molecule has 0 bridgehead atoms. The Bertz CT molecular complexity index is 597. The topological polar surface area (TPSA) is 65.0 Å². The minimum Gasteiger partial charge on any atom is -0.413 e. The van der Waals surface area contributed by atoms with Gasteiger partial charge in [0.1, 0.15) is 6.29 Å². The standard InChI is InChI=1S/C22H38O5Si/c1-17(15-23)20(27-28(5,6)21(2,3)4)14-22(25-11-12-26-22)13-18-9-7-8-10-19(18)16-24/h10,13,16-17,20,23H,7-9,11-12,14-15H2,1-6H3/b18-13+/t17-,20-/m0/s1. The van der Waals surface area contributed by atoms with E-state index in [9.17, 15) is 9.90 Å². The summed E-state index contributed by atoms with van der Waals surface area (Å²) in [4.78, 5) is 11.5. The van der Waals surface area contributed by atoms with Gasteiger partial charge >= 0.3 is 0 Å². The molecular formula is C22H38O5Si. The quantitative estimate of drug-likeness (QED) is 0.475. The van der Waals surface area contributed by atoms with Crippen LogP contribution in [-0.2, 0) is 18.7 Å². The van der Waals surface area contributed by atoms with Gasteiger partial charge in [-0.1, -0.05) is 33.8 Å². The predicted molar refractivity (Wildman–Crippen MR) is 114 cm³/mol. The summed E-state index contributed by atoms with van der Waals surface area (Å²) in [6, 6.07) is 0. The van der Waals surface area contributed by atoms with Gasteiger partial charge in [0.25, 0.3) is 0 Å². The van der Waals surface area contributed by atoms with E-state index in [2.05, 4.69) is 33.9 Å². The van der Waals surface area contributed by atoms with Crippen molar-refractivity contribution in [3.05, 3.63) is 23.3 Å². The fourth-order valence-corrected chi connectivity index (χ4v) is 4.84. The van der Waals surface area contributed by atoms with Gasteiger partial charge in [0.2, 0.25) is 0 Å². The molecular weight excluding hydrogens is 372 g/mol. The van der Waals surface area contributed by atoms with Crippen LogP contribution in [0.2, 0.25) is 18.1 Å². The Morgan fingerprint density at radius 3 is 2.50 bits per heavy atom. The number of hydrogen-bond acceptors (Lipinski definition) is 5. The van der Waals surface area contributed by atoms with Gasteiger partial charge in [0, 0.05) is 24.5 Å². The summed E-state index contributed by atoms with van der Waals surface area (Å²) in [5.41, 5.74) is 1.73. The molecule has 1 aliphatic carbocycles. The fraction of sp³-hybridized carbons (Fsp3) is 0.773. The average molecular weight is 411 g/mol. The number of aliphatic hydroxyl groups excluding tert-OH is 1. The average Bonchev–Trinajstić information content (AvgIpc) is 3.08. The molecule has 0 amide bonds. The first-order valence-corrected chi connectivity index (χ1v) is 13.4. The molecule has 0 aromatic carbocycles.